The maximum absolute atomic E-state index is 11.7. The molecule has 1 heterocycles. The molecule has 1 saturated carbocycles. The Kier molecular flexibility index (Phi) is 5.74. The smallest absolute Gasteiger partial charge is 0.453 e. The summed E-state index contributed by atoms with van der Waals surface area (Å²) in [5.74, 6) is -31.2. The maximum atomic E-state index is 11.7. The molecular formula is C16H21NO18. The van der Waals surface area contributed by atoms with E-state index in [1.807, 2.05) is 0 Å². The third kappa shape index (κ3) is 3.80. The van der Waals surface area contributed by atoms with Crippen LogP contribution in [0.1, 0.15) is 11.5 Å². The Morgan fingerprint density at radius 2 is 1.26 bits per heavy atom. The van der Waals surface area contributed by atoms with Gasteiger partial charge in [0, 0.05) is 0 Å². The van der Waals surface area contributed by atoms with Gasteiger partial charge in [0.15, 0.2) is 11.5 Å². The summed E-state index contributed by atoms with van der Waals surface area (Å²) in [5.41, 5.74) is -0.723. The van der Waals surface area contributed by atoms with Gasteiger partial charge < -0.3 is 86.1 Å². The molecule has 1 unspecified atom stereocenters. The Hall–Kier alpha value is -2.31. The van der Waals surface area contributed by atoms with E-state index in [1.54, 1.807) is 0 Å². The average molecular weight is 515 g/mol. The second-order valence-electron chi connectivity index (χ2n) is 8.02. The highest BCUT2D eigenvalue weighted by molar-refractivity contribution is 5.88. The minimum atomic E-state index is -4.54. The van der Waals surface area contributed by atoms with Gasteiger partial charge in [-0.3, -0.25) is 10.1 Å². The molecule has 198 valence electrons. The van der Waals surface area contributed by atoms with Crippen LogP contribution in [-0.4, -0.2) is 130 Å². The lowest BCUT2D eigenvalue weighted by atomic mass is 9.90. The van der Waals surface area contributed by atoms with Gasteiger partial charge in [-0.05, 0) is 17.7 Å². The molecule has 1 aliphatic heterocycles. The van der Waals surface area contributed by atoms with Crippen LogP contribution in [0.4, 0.5) is 0 Å². The molecule has 1 aromatic carbocycles. The van der Waals surface area contributed by atoms with Crippen molar-refractivity contribution in [3.8, 4) is 11.5 Å². The van der Waals surface area contributed by atoms with Gasteiger partial charge in [-0.2, -0.15) is 0 Å². The Morgan fingerprint density at radius 1 is 0.771 bits per heavy atom. The number of aliphatic hydroxyl groups is 15. The second-order valence-corrected chi connectivity index (χ2v) is 8.02. The molecule has 16 N–H and O–H groups in total. The Balaban J connectivity index is 2.18. The van der Waals surface area contributed by atoms with E-state index >= 15 is 0 Å². The van der Waals surface area contributed by atoms with Crippen LogP contribution < -0.4 is 14.8 Å². The summed E-state index contributed by atoms with van der Waals surface area (Å²) in [7, 11) is 0. The van der Waals surface area contributed by atoms with Gasteiger partial charge in [-0.15, -0.1) is 0 Å². The van der Waals surface area contributed by atoms with E-state index in [9.17, 15) is 66.1 Å². The highest BCUT2D eigenvalue weighted by atomic mass is 16.9. The lowest BCUT2D eigenvalue weighted by Crippen LogP contribution is -2.66. The van der Waals surface area contributed by atoms with E-state index in [4.69, 9.17) is 20.1 Å². The molecule has 1 saturated heterocycles. The SMILES string of the molecule is O=C1NC(O)(O)C(c2ccc(OC(O)(O)O)c(OC3C(O)(O)C(O)(O)C(O)(O)C3(O)O)c2)C1(O)O. The maximum Gasteiger partial charge on any atom is 0.453 e. The number of ether oxygens (including phenoxy) is 2. The van der Waals surface area contributed by atoms with Crippen LogP contribution >= 0.6 is 0 Å². The predicted molar refractivity (Wildman–Crippen MR) is 94.8 cm³/mol. The summed E-state index contributed by atoms with van der Waals surface area (Å²) in [5, 5.41) is 147. The monoisotopic (exact) mass is 515 g/mol. The first-order valence-corrected chi connectivity index (χ1v) is 9.09. The van der Waals surface area contributed by atoms with E-state index in [0.717, 1.165) is 0 Å². The number of hydrogen-bond donors (Lipinski definition) is 16. The molecule has 19 heteroatoms. The minimum Gasteiger partial charge on any atom is -0.475 e. The third-order valence-corrected chi connectivity index (χ3v) is 5.47. The van der Waals surface area contributed by atoms with Gasteiger partial charge in [0.1, 0.15) is 5.92 Å². The summed E-state index contributed by atoms with van der Waals surface area (Å²) in [6.07, 6.45) is -7.30. The summed E-state index contributed by atoms with van der Waals surface area (Å²) >= 11 is 0. The Labute approximate surface area is 191 Å². The summed E-state index contributed by atoms with van der Waals surface area (Å²) in [6, 6.07) is 1.62. The van der Waals surface area contributed by atoms with Gasteiger partial charge in [0.2, 0.25) is 6.10 Å². The minimum absolute atomic E-state index is 0.395. The van der Waals surface area contributed by atoms with Crippen molar-refractivity contribution in [1.29, 1.82) is 0 Å². The number of hydrogen-bond acceptors (Lipinski definition) is 18. The lowest BCUT2D eigenvalue weighted by Gasteiger charge is -2.34. The molecule has 19 nitrogen and oxygen atoms in total. The second kappa shape index (κ2) is 7.36. The molecule has 1 amide bonds. The van der Waals surface area contributed by atoms with Crippen molar-refractivity contribution in [3.63, 3.8) is 0 Å². The molecule has 2 aliphatic rings. The number of carbonyl (C=O) groups is 1. The fourth-order valence-electron chi connectivity index (χ4n) is 3.69. The van der Waals surface area contributed by atoms with Gasteiger partial charge in [0.05, 0.1) is 0 Å². The van der Waals surface area contributed by atoms with Gasteiger partial charge in [0.25, 0.3) is 40.8 Å². The molecule has 0 bridgehead atoms. The molecule has 1 aromatic rings. The molecule has 1 atom stereocenters. The molecular weight excluding hydrogens is 494 g/mol. The van der Waals surface area contributed by atoms with E-state index in [0.29, 0.717) is 18.2 Å². The van der Waals surface area contributed by atoms with Crippen molar-refractivity contribution in [2.24, 2.45) is 0 Å². The first-order chi connectivity index (χ1) is 15.4. The first-order valence-electron chi connectivity index (χ1n) is 9.09. The quantitative estimate of drug-likeness (QED) is 0.162. The van der Waals surface area contributed by atoms with Crippen molar-refractivity contribution in [1.82, 2.24) is 5.32 Å². The van der Waals surface area contributed by atoms with Crippen LogP contribution in [0.2, 0.25) is 0 Å². The third-order valence-electron chi connectivity index (χ3n) is 5.47. The van der Waals surface area contributed by atoms with Gasteiger partial charge in [-0.25, -0.2) is 0 Å². The molecule has 1 aliphatic carbocycles. The van der Waals surface area contributed by atoms with Crippen molar-refractivity contribution < 1.29 is 90.9 Å². The van der Waals surface area contributed by atoms with Crippen molar-refractivity contribution in [3.05, 3.63) is 23.8 Å². The van der Waals surface area contributed by atoms with Crippen molar-refractivity contribution >= 4 is 5.91 Å². The highest BCUT2D eigenvalue weighted by Gasteiger charge is 2.85. The van der Waals surface area contributed by atoms with Crippen LogP contribution in [0, 0.1) is 0 Å². The molecule has 35 heavy (non-hydrogen) atoms. The number of nitrogens with one attached hydrogen (secondary N) is 1. The summed E-state index contributed by atoms with van der Waals surface area (Å²) < 4.78 is 9.05. The standard InChI is InChI=1S/C16H21NO18/c18-9-10(19,20)7(13(25,26)17-9)4-1-2-5(35-16(31,32)33)6(3-4)34-8-11(21,22)14(27,28)15(29,30)12(8,23)24/h1-3,7-8,19-33H,(H,17,18). The largest absolute Gasteiger partial charge is 0.475 e. The van der Waals surface area contributed by atoms with Crippen LogP contribution in [0.3, 0.4) is 0 Å². The number of amides is 1. The molecule has 2 fully saturated rings. The van der Waals surface area contributed by atoms with Crippen molar-refractivity contribution in [2.45, 2.75) is 53.0 Å². The van der Waals surface area contributed by atoms with E-state index < -0.39 is 76.0 Å². The van der Waals surface area contributed by atoms with Gasteiger partial charge in [-0.1, -0.05) is 6.07 Å². The van der Waals surface area contributed by atoms with E-state index in [-0.39, 0.29) is 0 Å². The highest BCUT2D eigenvalue weighted by Crippen LogP contribution is 2.50. The predicted octanol–water partition coefficient (Wildman–Crippen LogP) is -9.33. The topological polar surface area (TPSA) is 351 Å². The Bertz CT molecular complexity index is 998. The average Bonchev–Trinajstić information content (AvgIpc) is 2.84. The summed E-state index contributed by atoms with van der Waals surface area (Å²) in [6.45, 7) is 0. The zero-order valence-electron chi connectivity index (χ0n) is 16.8. The Morgan fingerprint density at radius 3 is 1.66 bits per heavy atom. The molecule has 0 spiro atoms. The van der Waals surface area contributed by atoms with E-state index in [2.05, 4.69) is 4.74 Å². The molecule has 0 aromatic heterocycles. The number of rotatable bonds is 5. The molecule has 0 radical (unpaired) electrons. The summed E-state index contributed by atoms with van der Waals surface area (Å²) in [4.78, 5) is 11.7. The molecule has 3 rings (SSSR count). The zero-order valence-corrected chi connectivity index (χ0v) is 16.8. The fraction of sp³-hybridized carbons (Fsp3) is 0.562. The van der Waals surface area contributed by atoms with E-state index in [1.165, 1.54) is 5.32 Å². The van der Waals surface area contributed by atoms with Gasteiger partial charge >= 0.3 is 6.16 Å². The lowest BCUT2D eigenvalue weighted by molar-refractivity contribution is -0.452. The zero-order chi connectivity index (χ0) is 27.2. The van der Waals surface area contributed by atoms with Crippen LogP contribution in [0.25, 0.3) is 0 Å². The van der Waals surface area contributed by atoms with Crippen molar-refractivity contribution in [2.75, 3.05) is 0 Å². The normalized spacial score (nSPS) is 28.0. The number of carbonyl (C=O) groups excluding carboxylic acids is 1. The first kappa shape index (κ1) is 27.3. The van der Waals surface area contributed by atoms with Crippen LogP contribution in [0.15, 0.2) is 18.2 Å². The number of benzene rings is 1. The van der Waals surface area contributed by atoms with Crippen LogP contribution in [-0.2, 0) is 4.79 Å². The fourth-order valence-corrected chi connectivity index (χ4v) is 3.69. The van der Waals surface area contributed by atoms with Crippen LogP contribution in [0.5, 0.6) is 11.5 Å².